The Labute approximate surface area is 124 Å². The van der Waals surface area contributed by atoms with E-state index in [1.165, 1.54) is 0 Å². The number of pyridine rings is 1. The standard InChI is InChI=1S/C16H18N4O/c17-6-2-8-20(12-14-3-1-7-19-10-14)11-13-4-5-16(21)15(18)9-13/h1,3-5,7,9-10,21H,2,8,11-12,18H2. The number of aromatic nitrogens is 1. The second-order valence-electron chi connectivity index (χ2n) is 4.87. The van der Waals surface area contributed by atoms with Crippen molar-refractivity contribution in [1.82, 2.24) is 9.88 Å². The molecule has 0 aliphatic heterocycles. The van der Waals surface area contributed by atoms with Crippen molar-refractivity contribution in [2.45, 2.75) is 19.5 Å². The lowest BCUT2D eigenvalue weighted by Gasteiger charge is -2.21. The number of phenolic OH excluding ortho intramolecular Hbond substituents is 1. The molecular formula is C16H18N4O. The first-order valence-corrected chi connectivity index (χ1v) is 6.74. The zero-order valence-electron chi connectivity index (χ0n) is 11.7. The number of nitriles is 1. The van der Waals surface area contributed by atoms with Gasteiger partial charge in [-0.1, -0.05) is 12.1 Å². The number of nitrogen functional groups attached to an aromatic ring is 1. The van der Waals surface area contributed by atoms with Crippen LogP contribution in [0.15, 0.2) is 42.7 Å². The molecule has 21 heavy (non-hydrogen) atoms. The van der Waals surface area contributed by atoms with Crippen molar-refractivity contribution in [3.05, 3.63) is 53.9 Å². The van der Waals surface area contributed by atoms with Crippen LogP contribution in [0.3, 0.4) is 0 Å². The number of benzene rings is 1. The largest absolute Gasteiger partial charge is 0.506 e. The van der Waals surface area contributed by atoms with Crippen molar-refractivity contribution in [3.8, 4) is 11.8 Å². The van der Waals surface area contributed by atoms with Gasteiger partial charge in [0.25, 0.3) is 0 Å². The van der Waals surface area contributed by atoms with E-state index in [-0.39, 0.29) is 5.75 Å². The summed E-state index contributed by atoms with van der Waals surface area (Å²) in [6.45, 7) is 2.06. The van der Waals surface area contributed by atoms with Crippen LogP contribution < -0.4 is 5.73 Å². The zero-order chi connectivity index (χ0) is 15.1. The van der Waals surface area contributed by atoms with E-state index in [4.69, 9.17) is 11.0 Å². The first-order chi connectivity index (χ1) is 10.2. The fourth-order valence-corrected chi connectivity index (χ4v) is 2.13. The summed E-state index contributed by atoms with van der Waals surface area (Å²) in [5, 5.41) is 18.3. The van der Waals surface area contributed by atoms with Gasteiger partial charge in [-0.25, -0.2) is 0 Å². The number of anilines is 1. The van der Waals surface area contributed by atoms with E-state index >= 15 is 0 Å². The van der Waals surface area contributed by atoms with Crippen LogP contribution in [-0.2, 0) is 13.1 Å². The summed E-state index contributed by atoms with van der Waals surface area (Å²) in [7, 11) is 0. The molecule has 1 aromatic carbocycles. The summed E-state index contributed by atoms with van der Waals surface area (Å²) >= 11 is 0. The molecule has 1 aromatic heterocycles. The van der Waals surface area contributed by atoms with Crippen molar-refractivity contribution in [2.75, 3.05) is 12.3 Å². The smallest absolute Gasteiger partial charge is 0.138 e. The van der Waals surface area contributed by atoms with Gasteiger partial charge in [-0.3, -0.25) is 9.88 Å². The summed E-state index contributed by atoms with van der Waals surface area (Å²) in [5.41, 5.74) is 8.19. The third kappa shape index (κ3) is 4.48. The number of phenols is 1. The molecule has 0 aliphatic rings. The van der Waals surface area contributed by atoms with Crippen LogP contribution in [0.1, 0.15) is 17.5 Å². The van der Waals surface area contributed by atoms with Gasteiger partial charge in [-0.2, -0.15) is 5.26 Å². The van der Waals surface area contributed by atoms with E-state index in [2.05, 4.69) is 16.0 Å². The van der Waals surface area contributed by atoms with Crippen molar-refractivity contribution >= 4 is 5.69 Å². The van der Waals surface area contributed by atoms with Gasteiger partial charge in [0, 0.05) is 38.4 Å². The van der Waals surface area contributed by atoms with E-state index < -0.39 is 0 Å². The van der Waals surface area contributed by atoms with E-state index in [0.29, 0.717) is 25.2 Å². The highest BCUT2D eigenvalue weighted by Crippen LogP contribution is 2.21. The van der Waals surface area contributed by atoms with E-state index in [1.54, 1.807) is 18.3 Å². The number of nitrogens with two attached hydrogens (primary N) is 1. The highest BCUT2D eigenvalue weighted by atomic mass is 16.3. The molecule has 0 fully saturated rings. The quantitative estimate of drug-likeness (QED) is 0.627. The fourth-order valence-electron chi connectivity index (χ4n) is 2.13. The summed E-state index contributed by atoms with van der Waals surface area (Å²) in [6.07, 6.45) is 4.03. The van der Waals surface area contributed by atoms with E-state index in [1.807, 2.05) is 24.4 Å². The van der Waals surface area contributed by atoms with Crippen molar-refractivity contribution < 1.29 is 5.11 Å². The highest BCUT2D eigenvalue weighted by Gasteiger charge is 2.08. The number of aromatic hydroxyl groups is 1. The Bertz CT molecular complexity index is 622. The minimum atomic E-state index is 0.0922. The van der Waals surface area contributed by atoms with Crippen LogP contribution in [0.2, 0.25) is 0 Å². The highest BCUT2D eigenvalue weighted by molar-refractivity contribution is 5.53. The average Bonchev–Trinajstić information content (AvgIpc) is 2.49. The maximum atomic E-state index is 9.46. The van der Waals surface area contributed by atoms with Gasteiger partial charge >= 0.3 is 0 Å². The lowest BCUT2D eigenvalue weighted by Crippen LogP contribution is -2.24. The Morgan fingerprint density at radius 2 is 2.05 bits per heavy atom. The van der Waals surface area contributed by atoms with Gasteiger partial charge in [-0.15, -0.1) is 0 Å². The monoisotopic (exact) mass is 282 g/mol. The molecule has 0 unspecified atom stereocenters. The first-order valence-electron chi connectivity index (χ1n) is 6.74. The Morgan fingerprint density at radius 3 is 2.71 bits per heavy atom. The SMILES string of the molecule is N#CCCN(Cc1cccnc1)Cc1ccc(O)c(N)c1. The van der Waals surface area contributed by atoms with Crippen LogP contribution >= 0.6 is 0 Å². The Balaban J connectivity index is 2.08. The Kier molecular flexibility index (Phi) is 5.13. The topological polar surface area (TPSA) is 86.2 Å². The molecule has 0 spiro atoms. The minimum absolute atomic E-state index is 0.0922. The molecule has 2 aromatic rings. The molecule has 0 saturated heterocycles. The second-order valence-corrected chi connectivity index (χ2v) is 4.87. The predicted molar refractivity (Wildman–Crippen MR) is 81.1 cm³/mol. The molecule has 0 bridgehead atoms. The van der Waals surface area contributed by atoms with Gasteiger partial charge in [0.05, 0.1) is 11.8 Å². The Morgan fingerprint density at radius 1 is 1.24 bits per heavy atom. The van der Waals surface area contributed by atoms with Gasteiger partial charge < -0.3 is 10.8 Å². The van der Waals surface area contributed by atoms with Crippen LogP contribution in [0.5, 0.6) is 5.75 Å². The lowest BCUT2D eigenvalue weighted by atomic mass is 10.1. The van der Waals surface area contributed by atoms with Crippen molar-refractivity contribution in [2.24, 2.45) is 0 Å². The van der Waals surface area contributed by atoms with Crippen LogP contribution in [-0.4, -0.2) is 21.5 Å². The number of hydrogen-bond acceptors (Lipinski definition) is 5. The zero-order valence-corrected chi connectivity index (χ0v) is 11.7. The fraction of sp³-hybridized carbons (Fsp3) is 0.250. The molecule has 108 valence electrons. The molecule has 5 nitrogen and oxygen atoms in total. The molecule has 0 amide bonds. The maximum Gasteiger partial charge on any atom is 0.138 e. The number of hydrogen-bond donors (Lipinski definition) is 2. The summed E-state index contributed by atoms with van der Waals surface area (Å²) in [4.78, 5) is 6.26. The van der Waals surface area contributed by atoms with Gasteiger partial charge in [-0.05, 0) is 29.3 Å². The van der Waals surface area contributed by atoms with Crippen molar-refractivity contribution in [1.29, 1.82) is 5.26 Å². The van der Waals surface area contributed by atoms with Crippen LogP contribution in [0.4, 0.5) is 5.69 Å². The van der Waals surface area contributed by atoms with E-state index in [9.17, 15) is 5.11 Å². The van der Waals surface area contributed by atoms with Gasteiger partial charge in [0.1, 0.15) is 5.75 Å². The van der Waals surface area contributed by atoms with Crippen LogP contribution in [0, 0.1) is 11.3 Å². The summed E-state index contributed by atoms with van der Waals surface area (Å²) in [5.74, 6) is 0.0922. The molecule has 3 N–H and O–H groups in total. The second kappa shape index (κ2) is 7.27. The predicted octanol–water partition coefficient (Wildman–Crippen LogP) is 2.29. The molecule has 2 rings (SSSR count). The average molecular weight is 282 g/mol. The molecule has 1 heterocycles. The molecule has 0 aliphatic carbocycles. The third-order valence-corrected chi connectivity index (χ3v) is 3.17. The number of rotatable bonds is 6. The van der Waals surface area contributed by atoms with Gasteiger partial charge in [0.15, 0.2) is 0 Å². The Hall–Kier alpha value is -2.58. The van der Waals surface area contributed by atoms with Gasteiger partial charge in [0.2, 0.25) is 0 Å². The molecule has 5 heteroatoms. The van der Waals surface area contributed by atoms with Crippen molar-refractivity contribution in [3.63, 3.8) is 0 Å². The number of nitrogens with zero attached hydrogens (tertiary/aromatic N) is 3. The summed E-state index contributed by atoms with van der Waals surface area (Å²) < 4.78 is 0. The normalized spacial score (nSPS) is 10.5. The first kappa shape index (κ1) is 14.8. The molecule has 0 atom stereocenters. The maximum absolute atomic E-state index is 9.46. The summed E-state index contributed by atoms with van der Waals surface area (Å²) in [6, 6.07) is 11.3. The van der Waals surface area contributed by atoms with E-state index in [0.717, 1.165) is 17.7 Å². The lowest BCUT2D eigenvalue weighted by molar-refractivity contribution is 0.262. The molecule has 0 radical (unpaired) electrons. The third-order valence-electron chi connectivity index (χ3n) is 3.17. The minimum Gasteiger partial charge on any atom is -0.506 e. The van der Waals surface area contributed by atoms with Crippen LogP contribution in [0.25, 0.3) is 0 Å². The molecular weight excluding hydrogens is 264 g/mol. The molecule has 0 saturated carbocycles.